The van der Waals surface area contributed by atoms with Crippen LogP contribution in [0.2, 0.25) is 0 Å². The van der Waals surface area contributed by atoms with E-state index in [4.69, 9.17) is 10.5 Å². The number of hydrogen-bond acceptors (Lipinski definition) is 4. The van der Waals surface area contributed by atoms with Crippen LogP contribution in [0.5, 0.6) is 5.75 Å². The Hall–Kier alpha value is -1.63. The summed E-state index contributed by atoms with van der Waals surface area (Å²) in [6, 6.07) is 10.8. The van der Waals surface area contributed by atoms with Crippen LogP contribution in [-0.2, 0) is 10.0 Å². The summed E-state index contributed by atoms with van der Waals surface area (Å²) in [6.07, 6.45) is 0.823. The summed E-state index contributed by atoms with van der Waals surface area (Å²) in [4.78, 5) is 0.335. The fourth-order valence-corrected chi connectivity index (χ4v) is 4.72. The average molecular weight is 320 g/mol. The zero-order valence-corrected chi connectivity index (χ0v) is 13.3. The van der Waals surface area contributed by atoms with Gasteiger partial charge in [-0.2, -0.15) is 4.31 Å². The van der Waals surface area contributed by atoms with Crippen LogP contribution in [0.1, 0.15) is 6.42 Å². The van der Waals surface area contributed by atoms with Crippen molar-refractivity contribution in [1.29, 1.82) is 0 Å². The molecule has 6 heteroatoms. The molecule has 1 aliphatic heterocycles. The second-order valence-corrected chi connectivity index (χ2v) is 7.47. The molecule has 2 aromatic carbocycles. The first kappa shape index (κ1) is 15.3. The number of rotatable bonds is 4. The van der Waals surface area contributed by atoms with Gasteiger partial charge < -0.3 is 10.5 Å². The van der Waals surface area contributed by atoms with Crippen LogP contribution in [0.15, 0.2) is 41.3 Å². The van der Waals surface area contributed by atoms with Crippen molar-refractivity contribution in [2.24, 2.45) is 11.7 Å². The molecule has 0 amide bonds. The van der Waals surface area contributed by atoms with Gasteiger partial charge in [0.05, 0.1) is 12.0 Å². The van der Waals surface area contributed by atoms with Gasteiger partial charge in [-0.15, -0.1) is 0 Å². The van der Waals surface area contributed by atoms with Crippen LogP contribution in [-0.4, -0.2) is 39.5 Å². The quantitative estimate of drug-likeness (QED) is 0.932. The van der Waals surface area contributed by atoms with E-state index < -0.39 is 10.0 Å². The number of benzene rings is 2. The standard InChI is InChI=1S/C16H20N2O3S/c1-21-15-6-7-16(14-5-3-2-4-13(14)15)22(19,20)18-9-8-12(10-17)11-18/h2-7,12H,8-11,17H2,1H3. The fraction of sp³-hybridized carbons (Fsp3) is 0.375. The van der Waals surface area contributed by atoms with E-state index in [1.807, 2.05) is 24.3 Å². The molecule has 22 heavy (non-hydrogen) atoms. The van der Waals surface area contributed by atoms with E-state index >= 15 is 0 Å². The number of nitrogens with two attached hydrogens (primary N) is 1. The molecule has 1 fully saturated rings. The highest BCUT2D eigenvalue weighted by molar-refractivity contribution is 7.89. The molecule has 2 N–H and O–H groups in total. The van der Waals surface area contributed by atoms with E-state index in [0.29, 0.717) is 35.7 Å². The van der Waals surface area contributed by atoms with Crippen molar-refractivity contribution >= 4 is 20.8 Å². The van der Waals surface area contributed by atoms with Crippen molar-refractivity contribution in [3.63, 3.8) is 0 Å². The van der Waals surface area contributed by atoms with Crippen molar-refractivity contribution in [1.82, 2.24) is 4.31 Å². The topological polar surface area (TPSA) is 72.6 Å². The van der Waals surface area contributed by atoms with E-state index in [9.17, 15) is 8.42 Å². The number of hydrogen-bond donors (Lipinski definition) is 1. The summed E-state index contributed by atoms with van der Waals surface area (Å²) >= 11 is 0. The molecule has 1 unspecified atom stereocenters. The molecular formula is C16H20N2O3S. The lowest BCUT2D eigenvalue weighted by atomic mass is 10.1. The van der Waals surface area contributed by atoms with Gasteiger partial charge in [-0.05, 0) is 31.0 Å². The van der Waals surface area contributed by atoms with Gasteiger partial charge in [0.25, 0.3) is 0 Å². The molecule has 3 rings (SSSR count). The zero-order chi connectivity index (χ0) is 15.7. The zero-order valence-electron chi connectivity index (χ0n) is 12.5. The third kappa shape index (κ3) is 2.47. The smallest absolute Gasteiger partial charge is 0.243 e. The van der Waals surface area contributed by atoms with Gasteiger partial charge in [-0.1, -0.05) is 24.3 Å². The molecule has 1 heterocycles. The van der Waals surface area contributed by atoms with Crippen LogP contribution >= 0.6 is 0 Å². The second-order valence-electron chi connectivity index (χ2n) is 5.56. The van der Waals surface area contributed by atoms with Crippen molar-refractivity contribution < 1.29 is 13.2 Å². The van der Waals surface area contributed by atoms with Gasteiger partial charge >= 0.3 is 0 Å². The Balaban J connectivity index is 2.10. The minimum Gasteiger partial charge on any atom is -0.496 e. The highest BCUT2D eigenvalue weighted by Gasteiger charge is 2.33. The lowest BCUT2D eigenvalue weighted by Gasteiger charge is -2.18. The summed E-state index contributed by atoms with van der Waals surface area (Å²) in [7, 11) is -1.93. The Morgan fingerprint density at radius 3 is 2.59 bits per heavy atom. The average Bonchev–Trinajstić information content (AvgIpc) is 3.03. The summed E-state index contributed by atoms with van der Waals surface area (Å²) in [5.41, 5.74) is 5.67. The monoisotopic (exact) mass is 320 g/mol. The van der Waals surface area contributed by atoms with Gasteiger partial charge in [0, 0.05) is 23.9 Å². The third-order valence-corrected chi connectivity index (χ3v) is 6.19. The highest BCUT2D eigenvalue weighted by atomic mass is 32.2. The number of methoxy groups -OCH3 is 1. The molecule has 2 aromatic rings. The van der Waals surface area contributed by atoms with E-state index in [2.05, 4.69) is 0 Å². The number of fused-ring (bicyclic) bond motifs is 1. The van der Waals surface area contributed by atoms with Crippen molar-refractivity contribution in [3.8, 4) is 5.75 Å². The highest BCUT2D eigenvalue weighted by Crippen LogP contribution is 2.33. The lowest BCUT2D eigenvalue weighted by Crippen LogP contribution is -2.30. The minimum absolute atomic E-state index is 0.249. The Labute approximate surface area is 130 Å². The maximum absolute atomic E-state index is 13.0. The molecule has 1 aliphatic rings. The first-order valence-corrected chi connectivity index (χ1v) is 8.78. The maximum Gasteiger partial charge on any atom is 0.243 e. The SMILES string of the molecule is COc1ccc(S(=O)(=O)N2CCC(CN)C2)c2ccccc12. The predicted octanol–water partition coefficient (Wildman–Crippen LogP) is 1.82. The molecule has 0 saturated carbocycles. The van der Waals surface area contributed by atoms with Crippen molar-refractivity contribution in [2.45, 2.75) is 11.3 Å². The third-order valence-electron chi connectivity index (χ3n) is 4.26. The van der Waals surface area contributed by atoms with Crippen molar-refractivity contribution in [2.75, 3.05) is 26.7 Å². The van der Waals surface area contributed by atoms with E-state index in [1.165, 1.54) is 0 Å². The molecule has 0 aromatic heterocycles. The van der Waals surface area contributed by atoms with E-state index in [1.54, 1.807) is 23.5 Å². The Kier molecular flexibility index (Phi) is 4.08. The number of sulfonamides is 1. The van der Waals surface area contributed by atoms with Gasteiger partial charge in [-0.3, -0.25) is 0 Å². The molecule has 1 atom stereocenters. The van der Waals surface area contributed by atoms with Crippen LogP contribution in [0.4, 0.5) is 0 Å². The predicted molar refractivity (Wildman–Crippen MR) is 86.4 cm³/mol. The summed E-state index contributed by atoms with van der Waals surface area (Å²) in [5.74, 6) is 0.926. The Bertz CT molecular complexity index is 789. The first-order chi connectivity index (χ1) is 10.6. The largest absolute Gasteiger partial charge is 0.496 e. The normalized spacial score (nSPS) is 19.6. The Morgan fingerprint density at radius 1 is 1.23 bits per heavy atom. The number of ether oxygens (including phenoxy) is 1. The van der Waals surface area contributed by atoms with Crippen LogP contribution in [0, 0.1) is 5.92 Å². The molecule has 1 saturated heterocycles. The van der Waals surface area contributed by atoms with Gasteiger partial charge in [0.1, 0.15) is 5.75 Å². The molecule has 0 spiro atoms. The minimum atomic E-state index is -3.51. The van der Waals surface area contributed by atoms with E-state index in [-0.39, 0.29) is 5.92 Å². The van der Waals surface area contributed by atoms with Crippen molar-refractivity contribution in [3.05, 3.63) is 36.4 Å². The summed E-state index contributed by atoms with van der Waals surface area (Å²) < 4.78 is 32.8. The fourth-order valence-electron chi connectivity index (χ4n) is 2.99. The second kappa shape index (κ2) is 5.87. The van der Waals surface area contributed by atoms with Crippen LogP contribution in [0.3, 0.4) is 0 Å². The molecule has 0 radical (unpaired) electrons. The lowest BCUT2D eigenvalue weighted by molar-refractivity contribution is 0.419. The summed E-state index contributed by atoms with van der Waals surface area (Å²) in [6.45, 7) is 1.55. The van der Waals surface area contributed by atoms with Gasteiger partial charge in [0.2, 0.25) is 10.0 Å². The molecule has 118 valence electrons. The molecule has 0 bridgehead atoms. The maximum atomic E-state index is 13.0. The first-order valence-electron chi connectivity index (χ1n) is 7.34. The van der Waals surface area contributed by atoms with Gasteiger partial charge in [-0.25, -0.2) is 8.42 Å². The summed E-state index contributed by atoms with van der Waals surface area (Å²) in [5, 5.41) is 1.50. The molecular weight excluding hydrogens is 300 g/mol. The molecule has 0 aliphatic carbocycles. The van der Waals surface area contributed by atoms with Crippen LogP contribution < -0.4 is 10.5 Å². The van der Waals surface area contributed by atoms with E-state index in [0.717, 1.165) is 11.8 Å². The molecule has 5 nitrogen and oxygen atoms in total. The number of nitrogens with zero attached hydrogens (tertiary/aromatic N) is 1. The van der Waals surface area contributed by atoms with Crippen LogP contribution in [0.25, 0.3) is 10.8 Å². The Morgan fingerprint density at radius 2 is 1.95 bits per heavy atom. The van der Waals surface area contributed by atoms with Gasteiger partial charge in [0.15, 0.2) is 0 Å².